The fourth-order valence-corrected chi connectivity index (χ4v) is 2.19. The molecule has 4 N–H and O–H groups in total. The van der Waals surface area contributed by atoms with E-state index in [-0.39, 0.29) is 23.3 Å². The van der Waals surface area contributed by atoms with Gasteiger partial charge in [-0.15, -0.1) is 0 Å². The zero-order valence-electron chi connectivity index (χ0n) is 14.3. The molecule has 0 saturated heterocycles. The second kappa shape index (κ2) is 9.88. The number of rotatable bonds is 8. The summed E-state index contributed by atoms with van der Waals surface area (Å²) in [5, 5.41) is 23.9. The molecule has 0 fully saturated rings. The molecule has 2 amide bonds. The molecule has 0 spiro atoms. The van der Waals surface area contributed by atoms with E-state index in [1.165, 1.54) is 18.2 Å². The van der Waals surface area contributed by atoms with Gasteiger partial charge in [-0.25, -0.2) is 0 Å². The molecule has 136 valence electrons. The Labute approximate surface area is 152 Å². The summed E-state index contributed by atoms with van der Waals surface area (Å²) in [6.07, 6.45) is 4.60. The summed E-state index contributed by atoms with van der Waals surface area (Å²) in [6.45, 7) is 1.03. The van der Waals surface area contributed by atoms with Crippen LogP contribution < -0.4 is 10.6 Å². The van der Waals surface area contributed by atoms with Crippen LogP contribution >= 0.6 is 0 Å². The van der Waals surface area contributed by atoms with Crippen LogP contribution in [0.1, 0.15) is 28.8 Å². The predicted octanol–water partition coefficient (Wildman–Crippen LogP) is 2.44. The number of hydrogen-bond donors (Lipinski definition) is 4. The Kier molecular flexibility index (Phi) is 7.24. The van der Waals surface area contributed by atoms with Crippen molar-refractivity contribution in [1.82, 2.24) is 10.6 Å². The lowest BCUT2D eigenvalue weighted by Gasteiger charge is -2.06. The number of amides is 2. The molecule has 0 aliphatic rings. The summed E-state index contributed by atoms with van der Waals surface area (Å²) in [4.78, 5) is 23.5. The van der Waals surface area contributed by atoms with Crippen molar-refractivity contribution in [2.45, 2.75) is 12.8 Å². The fourth-order valence-electron chi connectivity index (χ4n) is 2.19. The minimum atomic E-state index is -0.189. The zero-order valence-corrected chi connectivity index (χ0v) is 14.3. The van der Waals surface area contributed by atoms with Gasteiger partial charge in [-0.05, 0) is 60.9 Å². The highest BCUT2D eigenvalue weighted by molar-refractivity contribution is 5.94. The molecule has 0 radical (unpaired) electrons. The number of unbranched alkanes of at least 4 members (excludes halogenated alkanes) is 1. The van der Waals surface area contributed by atoms with Crippen LogP contribution in [0, 0.1) is 0 Å². The van der Waals surface area contributed by atoms with Gasteiger partial charge in [-0.3, -0.25) is 9.59 Å². The van der Waals surface area contributed by atoms with Crippen molar-refractivity contribution in [2.24, 2.45) is 0 Å². The lowest BCUT2D eigenvalue weighted by atomic mass is 10.2. The van der Waals surface area contributed by atoms with Crippen molar-refractivity contribution in [3.8, 4) is 11.5 Å². The predicted molar refractivity (Wildman–Crippen MR) is 99.8 cm³/mol. The monoisotopic (exact) mass is 354 g/mol. The molecule has 6 nitrogen and oxygen atoms in total. The summed E-state index contributed by atoms with van der Waals surface area (Å²) in [6, 6.07) is 12.6. The molecule has 0 aliphatic carbocycles. The maximum absolute atomic E-state index is 11.9. The van der Waals surface area contributed by atoms with E-state index in [0.717, 1.165) is 18.4 Å². The van der Waals surface area contributed by atoms with E-state index in [1.807, 2.05) is 0 Å². The molecule has 2 rings (SSSR count). The molecular formula is C20H22N2O4. The van der Waals surface area contributed by atoms with Crippen molar-refractivity contribution in [1.29, 1.82) is 0 Å². The second-order valence-corrected chi connectivity index (χ2v) is 5.73. The normalized spacial score (nSPS) is 10.6. The van der Waals surface area contributed by atoms with Gasteiger partial charge in [0.25, 0.3) is 5.91 Å². The molecule has 2 aromatic rings. The van der Waals surface area contributed by atoms with E-state index in [2.05, 4.69) is 10.6 Å². The zero-order chi connectivity index (χ0) is 18.8. The number of phenolic OH excluding ortho intramolecular Hbond substituents is 2. The molecule has 2 aromatic carbocycles. The number of aromatic hydroxyl groups is 2. The Morgan fingerprint density at radius 1 is 0.808 bits per heavy atom. The molecular weight excluding hydrogens is 332 g/mol. The number of benzene rings is 2. The van der Waals surface area contributed by atoms with Gasteiger partial charge in [-0.2, -0.15) is 0 Å². The van der Waals surface area contributed by atoms with Gasteiger partial charge in [0, 0.05) is 24.7 Å². The lowest BCUT2D eigenvalue weighted by Crippen LogP contribution is -2.26. The van der Waals surface area contributed by atoms with E-state index < -0.39 is 0 Å². The van der Waals surface area contributed by atoms with Crippen molar-refractivity contribution >= 4 is 17.9 Å². The number of carbonyl (C=O) groups excluding carboxylic acids is 2. The summed E-state index contributed by atoms with van der Waals surface area (Å²) >= 11 is 0. The van der Waals surface area contributed by atoms with Crippen LogP contribution in [-0.2, 0) is 4.79 Å². The summed E-state index contributed by atoms with van der Waals surface area (Å²) in [5.74, 6) is -0.0714. The molecule has 0 unspecified atom stereocenters. The van der Waals surface area contributed by atoms with Crippen LogP contribution in [0.3, 0.4) is 0 Å². The lowest BCUT2D eigenvalue weighted by molar-refractivity contribution is -0.116. The van der Waals surface area contributed by atoms with Gasteiger partial charge in [0.1, 0.15) is 11.5 Å². The summed E-state index contributed by atoms with van der Waals surface area (Å²) < 4.78 is 0. The highest BCUT2D eigenvalue weighted by atomic mass is 16.3. The third kappa shape index (κ3) is 6.68. The van der Waals surface area contributed by atoms with Crippen LogP contribution in [0.4, 0.5) is 0 Å². The first-order valence-electron chi connectivity index (χ1n) is 8.37. The topological polar surface area (TPSA) is 98.7 Å². The Hall–Kier alpha value is -3.28. The van der Waals surface area contributed by atoms with Crippen LogP contribution in [0.25, 0.3) is 6.08 Å². The minimum Gasteiger partial charge on any atom is -0.508 e. The molecule has 6 heteroatoms. The Morgan fingerprint density at radius 3 is 1.96 bits per heavy atom. The van der Waals surface area contributed by atoms with Gasteiger partial charge in [0.15, 0.2) is 0 Å². The van der Waals surface area contributed by atoms with Gasteiger partial charge in [0.2, 0.25) is 5.91 Å². The molecule has 0 atom stereocenters. The number of carbonyl (C=O) groups is 2. The average molecular weight is 354 g/mol. The Morgan fingerprint density at radius 2 is 1.35 bits per heavy atom. The van der Waals surface area contributed by atoms with Crippen LogP contribution in [0.15, 0.2) is 54.6 Å². The van der Waals surface area contributed by atoms with Gasteiger partial charge < -0.3 is 20.8 Å². The van der Waals surface area contributed by atoms with E-state index >= 15 is 0 Å². The van der Waals surface area contributed by atoms with E-state index in [4.69, 9.17) is 0 Å². The first-order chi connectivity index (χ1) is 12.5. The summed E-state index contributed by atoms with van der Waals surface area (Å²) in [5.41, 5.74) is 1.32. The maximum atomic E-state index is 11.9. The molecule has 0 bridgehead atoms. The molecule has 0 saturated carbocycles. The van der Waals surface area contributed by atoms with Crippen molar-refractivity contribution in [2.75, 3.05) is 13.1 Å². The molecule has 26 heavy (non-hydrogen) atoms. The number of hydrogen-bond acceptors (Lipinski definition) is 4. The highest BCUT2D eigenvalue weighted by Crippen LogP contribution is 2.11. The first-order valence-corrected chi connectivity index (χ1v) is 8.37. The number of nitrogens with one attached hydrogen (secondary N) is 2. The van der Waals surface area contributed by atoms with Gasteiger partial charge >= 0.3 is 0 Å². The quantitative estimate of drug-likeness (QED) is 0.432. The fraction of sp³-hybridized carbons (Fsp3) is 0.200. The third-order valence-corrected chi connectivity index (χ3v) is 3.64. The second-order valence-electron chi connectivity index (χ2n) is 5.73. The van der Waals surface area contributed by atoms with Gasteiger partial charge in [-0.1, -0.05) is 12.1 Å². The third-order valence-electron chi connectivity index (χ3n) is 3.64. The highest BCUT2D eigenvalue weighted by Gasteiger charge is 2.04. The largest absolute Gasteiger partial charge is 0.508 e. The molecule has 0 aromatic heterocycles. The van der Waals surface area contributed by atoms with Crippen LogP contribution in [0.5, 0.6) is 11.5 Å². The molecule has 0 aliphatic heterocycles. The number of phenols is 2. The minimum absolute atomic E-state index is 0.122. The summed E-state index contributed by atoms with van der Waals surface area (Å²) in [7, 11) is 0. The van der Waals surface area contributed by atoms with Crippen molar-refractivity contribution < 1.29 is 19.8 Å². The molecule has 0 heterocycles. The first kappa shape index (κ1) is 19.1. The van der Waals surface area contributed by atoms with Gasteiger partial charge in [0.05, 0.1) is 0 Å². The van der Waals surface area contributed by atoms with Crippen molar-refractivity contribution in [3.63, 3.8) is 0 Å². The van der Waals surface area contributed by atoms with E-state index in [1.54, 1.807) is 42.5 Å². The van der Waals surface area contributed by atoms with Crippen LogP contribution in [0.2, 0.25) is 0 Å². The standard InChI is InChI=1S/C20H22N2O4/c23-17-8-3-15(4-9-17)5-12-19(25)21-13-1-2-14-22-20(26)16-6-10-18(24)11-7-16/h3-12,23-24H,1-2,13-14H2,(H,21,25)(H,22,26)/b12-5+. The van der Waals surface area contributed by atoms with E-state index in [0.29, 0.717) is 18.7 Å². The van der Waals surface area contributed by atoms with Crippen molar-refractivity contribution in [3.05, 3.63) is 65.7 Å². The van der Waals surface area contributed by atoms with Crippen LogP contribution in [-0.4, -0.2) is 35.1 Å². The Bertz CT molecular complexity index is 752. The average Bonchev–Trinajstić information content (AvgIpc) is 2.64. The SMILES string of the molecule is O=C(/C=C/c1ccc(O)cc1)NCCCCNC(=O)c1ccc(O)cc1. The van der Waals surface area contributed by atoms with E-state index in [9.17, 15) is 19.8 Å². The maximum Gasteiger partial charge on any atom is 0.251 e. The Balaban J connectivity index is 1.58. The smallest absolute Gasteiger partial charge is 0.251 e.